The standard InChI is InChI=1S/C19H17F3O5/c1-25-17-7-6-14(27-19(20,21)22)9-15(17)11-2-4-13(5-3-11)26-10-12-8-16(12)18(23)24/h2-7,9,12,16H,8,10H2,1H3,(H,23,24). The molecular formula is C19H17F3O5. The lowest BCUT2D eigenvalue weighted by Gasteiger charge is -2.14. The van der Waals surface area contributed by atoms with Crippen LogP contribution in [0.5, 0.6) is 17.2 Å². The van der Waals surface area contributed by atoms with Crippen LogP contribution in [-0.2, 0) is 4.79 Å². The highest BCUT2D eigenvalue weighted by atomic mass is 19.4. The molecule has 3 rings (SSSR count). The van der Waals surface area contributed by atoms with Gasteiger partial charge in [0.25, 0.3) is 0 Å². The Morgan fingerprint density at radius 1 is 1.15 bits per heavy atom. The fraction of sp³-hybridized carbons (Fsp3) is 0.316. The molecule has 144 valence electrons. The van der Waals surface area contributed by atoms with E-state index in [0.29, 0.717) is 35.7 Å². The molecule has 2 aromatic rings. The molecule has 2 aromatic carbocycles. The van der Waals surface area contributed by atoms with E-state index in [4.69, 9.17) is 14.6 Å². The first kappa shape index (κ1) is 18.9. The molecule has 0 aliphatic heterocycles. The van der Waals surface area contributed by atoms with Gasteiger partial charge in [-0.05, 0) is 42.3 Å². The van der Waals surface area contributed by atoms with E-state index in [0.717, 1.165) is 0 Å². The number of methoxy groups -OCH3 is 1. The van der Waals surface area contributed by atoms with Gasteiger partial charge in [0, 0.05) is 11.5 Å². The molecule has 8 heteroatoms. The molecule has 5 nitrogen and oxygen atoms in total. The van der Waals surface area contributed by atoms with E-state index in [1.54, 1.807) is 24.3 Å². The van der Waals surface area contributed by atoms with Gasteiger partial charge in [-0.25, -0.2) is 0 Å². The predicted molar refractivity (Wildman–Crippen MR) is 89.8 cm³/mol. The second kappa shape index (κ2) is 7.38. The maximum Gasteiger partial charge on any atom is 0.573 e. The number of carbonyl (C=O) groups is 1. The Balaban J connectivity index is 1.72. The second-order valence-corrected chi connectivity index (χ2v) is 6.19. The summed E-state index contributed by atoms with van der Waals surface area (Å²) in [6.45, 7) is 0.314. The van der Waals surface area contributed by atoms with Gasteiger partial charge in [0.2, 0.25) is 0 Å². The lowest BCUT2D eigenvalue weighted by atomic mass is 10.0. The van der Waals surface area contributed by atoms with Crippen LogP contribution < -0.4 is 14.2 Å². The van der Waals surface area contributed by atoms with Crippen LogP contribution in [0.4, 0.5) is 13.2 Å². The zero-order valence-corrected chi connectivity index (χ0v) is 14.3. The number of alkyl halides is 3. The predicted octanol–water partition coefficient (Wildman–Crippen LogP) is 4.36. The van der Waals surface area contributed by atoms with Crippen molar-refractivity contribution in [3.63, 3.8) is 0 Å². The van der Waals surface area contributed by atoms with Gasteiger partial charge >= 0.3 is 12.3 Å². The summed E-state index contributed by atoms with van der Waals surface area (Å²) in [4.78, 5) is 10.8. The monoisotopic (exact) mass is 382 g/mol. The molecule has 1 fully saturated rings. The first-order chi connectivity index (χ1) is 12.8. The van der Waals surface area contributed by atoms with Crippen molar-refractivity contribution in [1.29, 1.82) is 0 Å². The van der Waals surface area contributed by atoms with Gasteiger partial charge in [0.1, 0.15) is 17.2 Å². The highest BCUT2D eigenvalue weighted by Gasteiger charge is 2.43. The minimum absolute atomic E-state index is 0.0125. The number of halogens is 3. The van der Waals surface area contributed by atoms with Crippen LogP contribution in [0.2, 0.25) is 0 Å². The Labute approximate surface area is 153 Å². The third kappa shape index (κ3) is 4.84. The molecule has 0 amide bonds. The molecule has 27 heavy (non-hydrogen) atoms. The number of rotatable bonds is 7. The average molecular weight is 382 g/mol. The van der Waals surface area contributed by atoms with Crippen molar-refractivity contribution >= 4 is 5.97 Å². The molecule has 1 aliphatic rings. The number of aliphatic carboxylic acids is 1. The Bertz CT molecular complexity index is 817. The molecule has 0 heterocycles. The molecule has 0 saturated heterocycles. The van der Waals surface area contributed by atoms with E-state index >= 15 is 0 Å². The summed E-state index contributed by atoms with van der Waals surface area (Å²) < 4.78 is 52.1. The maximum atomic E-state index is 12.4. The van der Waals surface area contributed by atoms with Gasteiger partial charge in [0.05, 0.1) is 19.6 Å². The number of hydrogen-bond donors (Lipinski definition) is 1. The normalized spacial score (nSPS) is 18.7. The smallest absolute Gasteiger partial charge is 0.496 e. The molecular weight excluding hydrogens is 365 g/mol. The van der Waals surface area contributed by atoms with Crippen LogP contribution >= 0.6 is 0 Å². The summed E-state index contributed by atoms with van der Waals surface area (Å²) in [5.41, 5.74) is 1.07. The molecule has 1 saturated carbocycles. The molecule has 2 unspecified atom stereocenters. The first-order valence-corrected chi connectivity index (χ1v) is 8.16. The van der Waals surface area contributed by atoms with Gasteiger partial charge in [-0.1, -0.05) is 12.1 Å². The minimum Gasteiger partial charge on any atom is -0.496 e. The number of carboxylic acid groups (broad SMARTS) is 1. The maximum absolute atomic E-state index is 12.4. The fourth-order valence-electron chi connectivity index (χ4n) is 2.78. The lowest BCUT2D eigenvalue weighted by molar-refractivity contribution is -0.274. The van der Waals surface area contributed by atoms with Crippen LogP contribution in [0.15, 0.2) is 42.5 Å². The molecule has 0 radical (unpaired) electrons. The van der Waals surface area contributed by atoms with Gasteiger partial charge in [-0.2, -0.15) is 0 Å². The SMILES string of the molecule is COc1ccc(OC(F)(F)F)cc1-c1ccc(OCC2CC2C(=O)O)cc1. The summed E-state index contributed by atoms with van der Waals surface area (Å²) >= 11 is 0. The van der Waals surface area contributed by atoms with Crippen LogP contribution in [0, 0.1) is 11.8 Å². The number of hydrogen-bond acceptors (Lipinski definition) is 4. The highest BCUT2D eigenvalue weighted by molar-refractivity contribution is 5.73. The number of ether oxygens (including phenoxy) is 3. The van der Waals surface area contributed by atoms with Crippen LogP contribution in [0.25, 0.3) is 11.1 Å². The third-order valence-electron chi connectivity index (χ3n) is 4.27. The molecule has 0 aromatic heterocycles. The molecule has 2 atom stereocenters. The van der Waals surface area contributed by atoms with Crippen molar-refractivity contribution in [3.05, 3.63) is 42.5 Å². The van der Waals surface area contributed by atoms with Gasteiger partial charge in [0.15, 0.2) is 0 Å². The molecule has 1 aliphatic carbocycles. The second-order valence-electron chi connectivity index (χ2n) is 6.19. The van der Waals surface area contributed by atoms with Gasteiger partial charge in [-0.3, -0.25) is 4.79 Å². The summed E-state index contributed by atoms with van der Waals surface area (Å²) in [5, 5.41) is 8.88. The van der Waals surface area contributed by atoms with Crippen molar-refractivity contribution in [2.75, 3.05) is 13.7 Å². The van der Waals surface area contributed by atoms with E-state index in [9.17, 15) is 18.0 Å². The van der Waals surface area contributed by atoms with Gasteiger partial charge in [-0.15, -0.1) is 13.2 Å². The first-order valence-electron chi connectivity index (χ1n) is 8.16. The highest BCUT2D eigenvalue weighted by Crippen LogP contribution is 2.39. The fourth-order valence-corrected chi connectivity index (χ4v) is 2.78. The lowest BCUT2D eigenvalue weighted by Crippen LogP contribution is -2.17. The van der Waals surface area contributed by atoms with Crippen LogP contribution in [0.3, 0.4) is 0 Å². The Kier molecular flexibility index (Phi) is 5.16. The van der Waals surface area contributed by atoms with E-state index in [-0.39, 0.29) is 17.6 Å². The van der Waals surface area contributed by atoms with E-state index in [1.807, 2.05) is 0 Å². The summed E-state index contributed by atoms with van der Waals surface area (Å²) in [7, 11) is 1.43. The summed E-state index contributed by atoms with van der Waals surface area (Å²) in [6.07, 6.45) is -4.17. The van der Waals surface area contributed by atoms with E-state index < -0.39 is 12.3 Å². The molecule has 0 bridgehead atoms. The van der Waals surface area contributed by atoms with Crippen LogP contribution in [0.1, 0.15) is 6.42 Å². The largest absolute Gasteiger partial charge is 0.573 e. The Morgan fingerprint density at radius 3 is 2.37 bits per heavy atom. The zero-order valence-electron chi connectivity index (χ0n) is 14.3. The summed E-state index contributed by atoms with van der Waals surface area (Å²) in [6, 6.07) is 10.6. The van der Waals surface area contributed by atoms with Crippen molar-refractivity contribution in [3.8, 4) is 28.4 Å². The number of carboxylic acids is 1. The minimum atomic E-state index is -4.78. The molecule has 0 spiro atoms. The van der Waals surface area contributed by atoms with Crippen molar-refractivity contribution in [1.82, 2.24) is 0 Å². The van der Waals surface area contributed by atoms with Crippen LogP contribution in [-0.4, -0.2) is 31.2 Å². The zero-order chi connectivity index (χ0) is 19.6. The third-order valence-corrected chi connectivity index (χ3v) is 4.27. The van der Waals surface area contributed by atoms with E-state index in [2.05, 4.69) is 4.74 Å². The summed E-state index contributed by atoms with van der Waals surface area (Å²) in [5.74, 6) is -0.528. The number of benzene rings is 2. The van der Waals surface area contributed by atoms with Crippen molar-refractivity contribution in [2.24, 2.45) is 11.8 Å². The average Bonchev–Trinajstić information content (AvgIpc) is 3.39. The Morgan fingerprint density at radius 2 is 1.81 bits per heavy atom. The Hall–Kier alpha value is -2.90. The molecule has 1 N–H and O–H groups in total. The van der Waals surface area contributed by atoms with E-state index in [1.165, 1.54) is 25.3 Å². The van der Waals surface area contributed by atoms with Crippen molar-refractivity contribution in [2.45, 2.75) is 12.8 Å². The van der Waals surface area contributed by atoms with Crippen molar-refractivity contribution < 1.29 is 37.3 Å². The quantitative estimate of drug-likeness (QED) is 0.771. The van der Waals surface area contributed by atoms with Gasteiger partial charge < -0.3 is 19.3 Å². The topological polar surface area (TPSA) is 65.0 Å².